The highest BCUT2D eigenvalue weighted by molar-refractivity contribution is 5.87. The average molecular weight is 436 g/mol. The molecule has 0 spiro atoms. The lowest BCUT2D eigenvalue weighted by Gasteiger charge is -2.28. The highest BCUT2D eigenvalue weighted by Crippen LogP contribution is 2.40. The predicted molar refractivity (Wildman–Crippen MR) is 113 cm³/mol. The van der Waals surface area contributed by atoms with Crippen molar-refractivity contribution < 1.29 is 13.5 Å². The minimum absolute atomic E-state index is 0.0340. The molecule has 1 saturated heterocycles. The molecule has 2 atom stereocenters. The van der Waals surface area contributed by atoms with Crippen LogP contribution in [0, 0.1) is 11.6 Å². The van der Waals surface area contributed by atoms with Gasteiger partial charge in [-0.15, -0.1) is 0 Å². The molecule has 4 aromatic rings. The summed E-state index contributed by atoms with van der Waals surface area (Å²) in [5.74, 6) is -0.639. The third-order valence-corrected chi connectivity index (χ3v) is 6.34. The van der Waals surface area contributed by atoms with Gasteiger partial charge >= 0.3 is 0 Å². The fraction of sp³-hybridized carbons (Fsp3) is 0.391. The van der Waals surface area contributed by atoms with Crippen LogP contribution in [0.4, 0.5) is 8.78 Å². The number of fused-ring (bicyclic) bond motifs is 1. The van der Waals surface area contributed by atoms with Crippen molar-refractivity contribution in [2.75, 3.05) is 6.61 Å². The lowest BCUT2D eigenvalue weighted by Crippen LogP contribution is -2.20. The van der Waals surface area contributed by atoms with Gasteiger partial charge in [-0.25, -0.2) is 23.7 Å². The van der Waals surface area contributed by atoms with Crippen LogP contribution in [0.1, 0.15) is 55.1 Å². The lowest BCUT2D eigenvalue weighted by molar-refractivity contribution is 0.00396. The summed E-state index contributed by atoms with van der Waals surface area (Å²) in [6, 6.07) is 4.06. The third-order valence-electron chi connectivity index (χ3n) is 6.34. The summed E-state index contributed by atoms with van der Waals surface area (Å²) in [6.45, 7) is 0.577. The molecule has 32 heavy (non-hydrogen) atoms. The molecule has 1 aliphatic heterocycles. The number of imidazole rings is 1. The van der Waals surface area contributed by atoms with Crippen LogP contribution in [0.15, 0.2) is 36.9 Å². The van der Waals surface area contributed by atoms with Crippen molar-refractivity contribution >= 4 is 11.2 Å². The molecule has 2 fully saturated rings. The zero-order valence-electron chi connectivity index (χ0n) is 17.6. The second-order valence-corrected chi connectivity index (χ2v) is 8.65. The van der Waals surface area contributed by atoms with Gasteiger partial charge in [0, 0.05) is 43.0 Å². The van der Waals surface area contributed by atoms with Crippen LogP contribution in [0.3, 0.4) is 0 Å². The Balaban J connectivity index is 1.38. The van der Waals surface area contributed by atoms with Crippen molar-refractivity contribution in [3.63, 3.8) is 0 Å². The van der Waals surface area contributed by atoms with E-state index in [2.05, 4.69) is 16.3 Å². The molecule has 1 aliphatic carbocycles. The normalized spacial score (nSPS) is 21.3. The number of halogens is 2. The van der Waals surface area contributed by atoms with Crippen molar-refractivity contribution in [1.82, 2.24) is 29.3 Å². The Hall–Kier alpha value is -3.20. The summed E-state index contributed by atoms with van der Waals surface area (Å²) in [4.78, 5) is 13.9. The molecule has 0 amide bonds. The van der Waals surface area contributed by atoms with E-state index in [9.17, 15) is 8.78 Å². The lowest BCUT2D eigenvalue weighted by atomic mass is 9.92. The molecule has 0 bridgehead atoms. The number of aryl methyl sites for hydroxylation is 1. The van der Waals surface area contributed by atoms with Gasteiger partial charge in [0.15, 0.2) is 5.65 Å². The van der Waals surface area contributed by atoms with E-state index in [4.69, 9.17) is 14.7 Å². The van der Waals surface area contributed by atoms with Crippen LogP contribution < -0.4 is 0 Å². The first-order valence-corrected chi connectivity index (χ1v) is 10.9. The van der Waals surface area contributed by atoms with Crippen molar-refractivity contribution in [3.05, 3.63) is 59.9 Å². The first kappa shape index (κ1) is 19.5. The van der Waals surface area contributed by atoms with Crippen molar-refractivity contribution in [3.8, 4) is 11.3 Å². The fourth-order valence-corrected chi connectivity index (χ4v) is 4.45. The standard InChI is InChI=1S/C23H22F2N6O/c1-30-12-26-23-21(30)20(17-5-2-15(24)9-18(17)25)28-22(29-23)13-6-7-32-19(8-13)14-10-27-31(11-14)16-3-4-16/h2,5,9-13,16,19H,3-4,6-8H2,1H3/t13?,19-/m1/s1. The van der Waals surface area contributed by atoms with Gasteiger partial charge < -0.3 is 9.30 Å². The number of ether oxygens (including phenoxy) is 1. The second kappa shape index (κ2) is 7.44. The summed E-state index contributed by atoms with van der Waals surface area (Å²) in [6.07, 6.45) is 9.33. The van der Waals surface area contributed by atoms with Crippen LogP contribution in [0.2, 0.25) is 0 Å². The number of aromatic nitrogens is 6. The maximum absolute atomic E-state index is 14.7. The SMILES string of the molecule is Cn1cnc2nc(C3CCO[C@@H](c4cnn(C5CC5)c4)C3)nc(-c3ccc(F)cc3F)c21. The first-order valence-electron chi connectivity index (χ1n) is 10.9. The molecule has 1 aromatic carbocycles. The topological polar surface area (TPSA) is 70.7 Å². The Morgan fingerprint density at radius 1 is 1.12 bits per heavy atom. The quantitative estimate of drug-likeness (QED) is 0.472. The number of nitrogens with zero attached hydrogens (tertiary/aromatic N) is 6. The van der Waals surface area contributed by atoms with Gasteiger partial charge in [0.2, 0.25) is 0 Å². The van der Waals surface area contributed by atoms with E-state index in [0.717, 1.165) is 18.1 Å². The molecule has 7 nitrogen and oxygen atoms in total. The highest BCUT2D eigenvalue weighted by atomic mass is 19.1. The molecule has 9 heteroatoms. The molecule has 2 aliphatic rings. The van der Waals surface area contributed by atoms with Crippen LogP contribution >= 0.6 is 0 Å². The van der Waals surface area contributed by atoms with Gasteiger partial charge in [-0.3, -0.25) is 4.68 Å². The molecule has 4 heterocycles. The average Bonchev–Trinajstić information content (AvgIpc) is 3.40. The zero-order valence-corrected chi connectivity index (χ0v) is 17.6. The van der Waals surface area contributed by atoms with Gasteiger partial charge in [0.25, 0.3) is 0 Å². The van der Waals surface area contributed by atoms with Gasteiger partial charge in [0.1, 0.15) is 28.7 Å². The minimum Gasteiger partial charge on any atom is -0.373 e. The van der Waals surface area contributed by atoms with Crippen LogP contribution in [0.5, 0.6) is 0 Å². The van der Waals surface area contributed by atoms with E-state index in [0.29, 0.717) is 41.8 Å². The second-order valence-electron chi connectivity index (χ2n) is 8.65. The molecule has 3 aromatic heterocycles. The number of hydrogen-bond acceptors (Lipinski definition) is 5. The zero-order chi connectivity index (χ0) is 21.8. The number of rotatable bonds is 4. The smallest absolute Gasteiger partial charge is 0.181 e. The molecule has 0 N–H and O–H groups in total. The van der Waals surface area contributed by atoms with Crippen LogP contribution in [0.25, 0.3) is 22.4 Å². The Kier molecular flexibility index (Phi) is 4.53. The number of hydrogen-bond donors (Lipinski definition) is 0. The Morgan fingerprint density at radius 2 is 2.00 bits per heavy atom. The molecule has 0 radical (unpaired) electrons. The highest BCUT2D eigenvalue weighted by Gasteiger charge is 2.31. The van der Waals surface area contributed by atoms with Gasteiger partial charge in [-0.2, -0.15) is 5.10 Å². The molecule has 164 valence electrons. The monoisotopic (exact) mass is 436 g/mol. The minimum atomic E-state index is -0.658. The number of benzene rings is 1. The predicted octanol–water partition coefficient (Wildman–Crippen LogP) is 4.48. The van der Waals surface area contributed by atoms with Crippen LogP contribution in [-0.4, -0.2) is 35.9 Å². The van der Waals surface area contributed by atoms with E-state index in [1.165, 1.54) is 25.0 Å². The molecule has 1 saturated carbocycles. The Bertz CT molecular complexity index is 1310. The van der Waals surface area contributed by atoms with Crippen molar-refractivity contribution in [2.24, 2.45) is 7.05 Å². The Labute approximate surface area is 183 Å². The fourth-order valence-electron chi connectivity index (χ4n) is 4.45. The summed E-state index contributed by atoms with van der Waals surface area (Å²) in [5, 5.41) is 4.49. The van der Waals surface area contributed by atoms with E-state index in [1.54, 1.807) is 10.9 Å². The molecular weight excluding hydrogens is 414 g/mol. The van der Waals surface area contributed by atoms with Gasteiger partial charge in [0.05, 0.1) is 24.7 Å². The maximum atomic E-state index is 14.7. The van der Waals surface area contributed by atoms with E-state index in [1.807, 2.05) is 17.9 Å². The molecule has 6 rings (SSSR count). The molecule has 1 unspecified atom stereocenters. The third kappa shape index (κ3) is 3.37. The van der Waals surface area contributed by atoms with Gasteiger partial charge in [-0.05, 0) is 37.8 Å². The van der Waals surface area contributed by atoms with E-state index < -0.39 is 11.6 Å². The summed E-state index contributed by atoms with van der Waals surface area (Å²) >= 11 is 0. The summed E-state index contributed by atoms with van der Waals surface area (Å²) in [7, 11) is 1.81. The van der Waals surface area contributed by atoms with Crippen LogP contribution in [-0.2, 0) is 11.8 Å². The first-order chi connectivity index (χ1) is 15.6. The largest absolute Gasteiger partial charge is 0.373 e. The van der Waals surface area contributed by atoms with E-state index >= 15 is 0 Å². The van der Waals surface area contributed by atoms with Crippen molar-refractivity contribution in [2.45, 2.75) is 43.7 Å². The molecular formula is C23H22F2N6O. The summed E-state index contributed by atoms with van der Waals surface area (Å²) < 4.78 is 38.0. The summed E-state index contributed by atoms with van der Waals surface area (Å²) in [5.41, 5.74) is 2.84. The van der Waals surface area contributed by atoms with Crippen molar-refractivity contribution in [1.29, 1.82) is 0 Å². The van der Waals surface area contributed by atoms with E-state index in [-0.39, 0.29) is 17.6 Å². The Morgan fingerprint density at radius 3 is 2.81 bits per heavy atom. The van der Waals surface area contributed by atoms with Gasteiger partial charge in [-0.1, -0.05) is 0 Å². The maximum Gasteiger partial charge on any atom is 0.181 e.